The predicted octanol–water partition coefficient (Wildman–Crippen LogP) is 6.68. The van der Waals surface area contributed by atoms with E-state index in [4.69, 9.17) is 37.3 Å². The SMILES string of the molecule is COc1ccc(C=CC(=O)OC(C)C)cc1.COc1ccc(C=CC(=O)OC([SiH3])(O[Si](C)(C)C)C(O[Si](C)(C)C)C(C)C)c(OC)c1OC. The zero-order valence-corrected chi connectivity index (χ0v) is 36.1. The number of ether oxygens (including phenoxy) is 6. The summed E-state index contributed by atoms with van der Waals surface area (Å²) >= 11 is 0. The summed E-state index contributed by atoms with van der Waals surface area (Å²) in [7, 11) is 2.75. The van der Waals surface area contributed by atoms with Gasteiger partial charge >= 0.3 is 11.9 Å². The second kappa shape index (κ2) is 19.7. The minimum Gasteiger partial charge on any atom is -0.497 e. The minimum atomic E-state index is -2.05. The van der Waals surface area contributed by atoms with Crippen molar-refractivity contribution < 1.29 is 46.9 Å². The molecule has 0 heterocycles. The van der Waals surface area contributed by atoms with Crippen LogP contribution in [0.25, 0.3) is 12.2 Å². The van der Waals surface area contributed by atoms with Gasteiger partial charge in [0.2, 0.25) is 5.75 Å². The van der Waals surface area contributed by atoms with Crippen LogP contribution in [0.2, 0.25) is 39.3 Å². The molecule has 0 N–H and O–H groups in total. The van der Waals surface area contributed by atoms with Gasteiger partial charge in [-0.05, 0) is 101 Å². The van der Waals surface area contributed by atoms with E-state index in [1.165, 1.54) is 19.3 Å². The molecule has 0 amide bonds. The van der Waals surface area contributed by atoms with Crippen molar-refractivity contribution >= 4 is 51.0 Å². The van der Waals surface area contributed by atoms with Crippen LogP contribution in [0.15, 0.2) is 48.6 Å². The molecule has 2 atom stereocenters. The smallest absolute Gasteiger partial charge is 0.333 e. The summed E-state index contributed by atoms with van der Waals surface area (Å²) in [5.74, 6) is 1.56. The molecule has 10 nitrogen and oxygen atoms in total. The molecule has 13 heteroatoms. The van der Waals surface area contributed by atoms with Crippen molar-refractivity contribution in [2.45, 2.75) is 84.6 Å². The number of esters is 2. The highest BCUT2D eigenvalue weighted by Gasteiger charge is 2.46. The predicted molar refractivity (Wildman–Crippen MR) is 205 cm³/mol. The van der Waals surface area contributed by atoms with Crippen LogP contribution in [-0.4, -0.2) is 84.9 Å². The molecule has 0 aromatic heterocycles. The molecule has 0 bridgehead atoms. The van der Waals surface area contributed by atoms with Crippen LogP contribution in [0.3, 0.4) is 0 Å². The fourth-order valence-corrected chi connectivity index (χ4v) is 10.5. The van der Waals surface area contributed by atoms with E-state index in [2.05, 4.69) is 53.1 Å². The first-order valence-electron chi connectivity index (χ1n) is 16.3. The second-order valence-electron chi connectivity index (χ2n) is 13.9. The van der Waals surface area contributed by atoms with Crippen molar-refractivity contribution in [3.05, 3.63) is 59.7 Å². The maximum Gasteiger partial charge on any atom is 0.333 e. The molecular weight excluding hydrogens is 677 g/mol. The summed E-state index contributed by atoms with van der Waals surface area (Å²) in [6, 6.07) is 11.0. The van der Waals surface area contributed by atoms with E-state index >= 15 is 0 Å². The topological polar surface area (TPSA) is 108 Å². The molecule has 2 unspecified atom stereocenters. The molecule has 274 valence electrons. The summed E-state index contributed by atoms with van der Waals surface area (Å²) in [5.41, 5.74) is 0.514. The van der Waals surface area contributed by atoms with Gasteiger partial charge in [-0.25, -0.2) is 9.59 Å². The highest BCUT2D eigenvalue weighted by molar-refractivity contribution is 6.70. The van der Waals surface area contributed by atoms with Crippen molar-refractivity contribution in [2.75, 3.05) is 28.4 Å². The molecule has 0 saturated carbocycles. The van der Waals surface area contributed by atoms with Gasteiger partial charge in [-0.3, -0.25) is 0 Å². The Kier molecular flexibility index (Phi) is 17.6. The van der Waals surface area contributed by atoms with Gasteiger partial charge in [0.1, 0.15) is 11.9 Å². The van der Waals surface area contributed by atoms with Gasteiger partial charge in [-0.2, -0.15) is 0 Å². The Morgan fingerprint density at radius 1 is 0.714 bits per heavy atom. The van der Waals surface area contributed by atoms with E-state index < -0.39 is 28.0 Å². The Morgan fingerprint density at radius 3 is 1.73 bits per heavy atom. The Labute approximate surface area is 298 Å². The van der Waals surface area contributed by atoms with Crippen LogP contribution >= 0.6 is 0 Å². The largest absolute Gasteiger partial charge is 0.497 e. The highest BCUT2D eigenvalue weighted by Crippen LogP contribution is 2.40. The molecule has 0 aliphatic heterocycles. The van der Waals surface area contributed by atoms with Gasteiger partial charge in [0.25, 0.3) is 0 Å². The molecule has 0 saturated heterocycles. The van der Waals surface area contributed by atoms with Crippen LogP contribution < -0.4 is 18.9 Å². The van der Waals surface area contributed by atoms with E-state index in [0.29, 0.717) is 33.1 Å². The van der Waals surface area contributed by atoms with Crippen molar-refractivity contribution in [3.63, 3.8) is 0 Å². The Morgan fingerprint density at radius 2 is 1.29 bits per heavy atom. The van der Waals surface area contributed by atoms with Gasteiger partial charge in [-0.15, -0.1) is 0 Å². The number of methoxy groups -OCH3 is 4. The second-order valence-corrected chi connectivity index (χ2v) is 24.2. The van der Waals surface area contributed by atoms with E-state index in [-0.39, 0.29) is 24.1 Å². The average molecular weight is 735 g/mol. The lowest BCUT2D eigenvalue weighted by atomic mass is 10.1. The van der Waals surface area contributed by atoms with Gasteiger partial charge in [0.05, 0.1) is 44.8 Å². The van der Waals surface area contributed by atoms with Crippen molar-refractivity contribution in [3.8, 4) is 23.0 Å². The number of rotatable bonds is 16. The fourth-order valence-electron chi connectivity index (χ4n) is 4.77. The fraction of sp³-hybridized carbons (Fsp3) is 0.500. The first kappa shape index (κ1) is 43.7. The number of hydrogen-bond donors (Lipinski definition) is 0. The molecule has 2 rings (SSSR count). The summed E-state index contributed by atoms with van der Waals surface area (Å²) in [4.78, 5) is 24.2. The minimum absolute atomic E-state index is 0.0898. The molecule has 2 aromatic rings. The average Bonchev–Trinajstić information content (AvgIpc) is 2.99. The van der Waals surface area contributed by atoms with Crippen LogP contribution in [0, 0.1) is 5.92 Å². The number of carbonyl (C=O) groups is 2. The molecule has 49 heavy (non-hydrogen) atoms. The van der Waals surface area contributed by atoms with E-state index in [9.17, 15) is 9.59 Å². The van der Waals surface area contributed by atoms with Crippen LogP contribution in [0.4, 0.5) is 0 Å². The monoisotopic (exact) mass is 734 g/mol. The molecule has 2 aromatic carbocycles. The molecule has 0 spiro atoms. The molecule has 0 radical (unpaired) electrons. The number of carbonyl (C=O) groups excluding carboxylic acids is 2. The zero-order chi connectivity index (χ0) is 37.6. The first-order valence-corrected chi connectivity index (χ1v) is 24.1. The van der Waals surface area contributed by atoms with Gasteiger partial charge in [-0.1, -0.05) is 26.0 Å². The normalized spacial score (nSPS) is 13.9. The maximum absolute atomic E-state index is 13.0. The van der Waals surface area contributed by atoms with Crippen LogP contribution in [0.1, 0.15) is 38.8 Å². The molecule has 0 aliphatic carbocycles. The lowest BCUT2D eigenvalue weighted by Crippen LogP contribution is -2.59. The summed E-state index contributed by atoms with van der Waals surface area (Å²) < 4.78 is 45.2. The third-order valence-corrected chi connectivity index (χ3v) is 9.79. The van der Waals surface area contributed by atoms with Crippen molar-refractivity contribution in [1.29, 1.82) is 0 Å². The van der Waals surface area contributed by atoms with Crippen LogP contribution in [-0.2, 0) is 27.9 Å². The standard InChI is InChI=1S/C23H42O7Si3.C13H16O3/c1-16(2)22(29-32(6,7)8)23(31,30-33(9,10)11)28-19(24)15-13-17-12-14-18(25-3)21(27-5)20(17)26-4;1-10(2)16-13(14)9-6-11-4-7-12(15-3)8-5-11/h12-16,22H,1-11,31H3;4-10H,1-3H3. The summed E-state index contributed by atoms with van der Waals surface area (Å²) in [5, 5.41) is 0. The quantitative estimate of drug-likeness (QED) is 0.0803. The third-order valence-electron chi connectivity index (χ3n) is 6.43. The van der Waals surface area contributed by atoms with Crippen LogP contribution in [0.5, 0.6) is 23.0 Å². The first-order chi connectivity index (χ1) is 22.7. The van der Waals surface area contributed by atoms with Gasteiger partial charge < -0.3 is 37.3 Å². The van der Waals surface area contributed by atoms with E-state index in [1.807, 2.05) is 38.1 Å². The molecule has 0 fully saturated rings. The Balaban J connectivity index is 0.000000624. The third kappa shape index (κ3) is 15.8. The number of benzene rings is 2. The lowest BCUT2D eigenvalue weighted by molar-refractivity contribution is -0.196. The highest BCUT2D eigenvalue weighted by atomic mass is 28.4. The summed E-state index contributed by atoms with van der Waals surface area (Å²) in [6.07, 6.45) is 5.73. The van der Waals surface area contributed by atoms with E-state index in [0.717, 1.165) is 11.3 Å². The Hall–Kier alpha value is -3.37. The van der Waals surface area contributed by atoms with Crippen molar-refractivity contribution in [2.24, 2.45) is 5.92 Å². The maximum atomic E-state index is 13.0. The van der Waals surface area contributed by atoms with Gasteiger partial charge in [0.15, 0.2) is 33.5 Å². The zero-order valence-electron chi connectivity index (χ0n) is 32.1. The molecule has 0 aliphatic rings. The Bertz CT molecular complexity index is 1390. The molecular formula is C36H58O10Si3. The number of hydrogen-bond acceptors (Lipinski definition) is 10. The van der Waals surface area contributed by atoms with Crippen molar-refractivity contribution in [1.82, 2.24) is 0 Å². The lowest BCUT2D eigenvalue weighted by Gasteiger charge is -2.45. The van der Waals surface area contributed by atoms with Gasteiger partial charge in [0, 0.05) is 17.7 Å². The summed E-state index contributed by atoms with van der Waals surface area (Å²) in [6.45, 7) is 20.4. The van der Waals surface area contributed by atoms with E-state index in [1.54, 1.807) is 45.6 Å².